The molecular weight excluding hydrogens is 386 g/mol. The summed E-state index contributed by atoms with van der Waals surface area (Å²) in [7, 11) is 2.09. The Morgan fingerprint density at radius 1 is 1.16 bits per heavy atom. The minimum Gasteiger partial charge on any atom is -0.375 e. The number of hydrogen-bond acceptors (Lipinski definition) is 4. The molecule has 3 aromatic rings. The Bertz CT molecular complexity index is 1050. The molecule has 160 valence electrons. The van der Waals surface area contributed by atoms with E-state index >= 15 is 0 Å². The maximum atomic E-state index is 12.9. The van der Waals surface area contributed by atoms with Crippen molar-refractivity contribution >= 4 is 11.6 Å². The highest BCUT2D eigenvalue weighted by Gasteiger charge is 2.32. The van der Waals surface area contributed by atoms with Crippen LogP contribution in [-0.4, -0.2) is 42.6 Å². The molecule has 5 heteroatoms. The van der Waals surface area contributed by atoms with Gasteiger partial charge in [-0.25, -0.2) is 0 Å². The van der Waals surface area contributed by atoms with Crippen LogP contribution in [0.3, 0.4) is 0 Å². The number of aromatic nitrogens is 1. The minimum absolute atomic E-state index is 0.00564. The highest BCUT2D eigenvalue weighted by atomic mass is 16.5. The van der Waals surface area contributed by atoms with E-state index in [1.54, 1.807) is 0 Å². The molecule has 31 heavy (non-hydrogen) atoms. The molecule has 0 aliphatic carbocycles. The SMILES string of the molecule is CCN(C)c1cccc(-c2ccncc2C2COCC(=O)N2Cc2ccc(C)cc2)c1. The number of benzene rings is 2. The second-order valence-electron chi connectivity index (χ2n) is 8.07. The lowest BCUT2D eigenvalue weighted by Gasteiger charge is -2.36. The van der Waals surface area contributed by atoms with Gasteiger partial charge in [-0.15, -0.1) is 0 Å². The molecule has 5 nitrogen and oxygen atoms in total. The van der Waals surface area contributed by atoms with E-state index in [9.17, 15) is 4.79 Å². The van der Waals surface area contributed by atoms with Crippen molar-refractivity contribution in [2.45, 2.75) is 26.4 Å². The number of carbonyl (C=O) groups excluding carboxylic acids is 1. The summed E-state index contributed by atoms with van der Waals surface area (Å²) in [5.74, 6) is 0.00564. The molecule has 0 bridgehead atoms. The van der Waals surface area contributed by atoms with Crippen molar-refractivity contribution in [1.82, 2.24) is 9.88 Å². The largest absolute Gasteiger partial charge is 0.375 e. The summed E-state index contributed by atoms with van der Waals surface area (Å²) in [6.45, 7) is 6.28. The van der Waals surface area contributed by atoms with Crippen molar-refractivity contribution in [3.05, 3.63) is 83.7 Å². The Morgan fingerprint density at radius 3 is 2.74 bits per heavy atom. The van der Waals surface area contributed by atoms with Crippen LogP contribution in [0.5, 0.6) is 0 Å². The molecule has 2 aromatic carbocycles. The molecular formula is C26H29N3O2. The Morgan fingerprint density at radius 2 is 1.97 bits per heavy atom. The maximum absolute atomic E-state index is 12.9. The van der Waals surface area contributed by atoms with Crippen LogP contribution in [-0.2, 0) is 16.1 Å². The van der Waals surface area contributed by atoms with Gasteiger partial charge in [-0.2, -0.15) is 0 Å². The third-order valence-corrected chi connectivity index (χ3v) is 5.95. The number of morpholine rings is 1. The molecule has 1 unspecified atom stereocenters. The Balaban J connectivity index is 1.71. The van der Waals surface area contributed by atoms with Crippen LogP contribution in [0.1, 0.15) is 29.7 Å². The van der Waals surface area contributed by atoms with Gasteiger partial charge in [0.1, 0.15) is 6.61 Å². The topological polar surface area (TPSA) is 45.7 Å². The van der Waals surface area contributed by atoms with E-state index in [0.29, 0.717) is 13.2 Å². The molecule has 4 rings (SSSR count). The first-order chi connectivity index (χ1) is 15.1. The summed E-state index contributed by atoms with van der Waals surface area (Å²) in [6.07, 6.45) is 3.69. The van der Waals surface area contributed by atoms with Gasteiger partial charge in [0.25, 0.3) is 0 Å². The van der Waals surface area contributed by atoms with E-state index in [0.717, 1.165) is 34.5 Å². The molecule has 1 amide bonds. The first-order valence-electron chi connectivity index (χ1n) is 10.7. The summed E-state index contributed by atoms with van der Waals surface area (Å²) >= 11 is 0. The predicted octanol–water partition coefficient (Wildman–Crippen LogP) is 4.61. The lowest BCUT2D eigenvalue weighted by Crippen LogP contribution is -2.43. The minimum atomic E-state index is -0.182. The van der Waals surface area contributed by atoms with Gasteiger partial charge in [-0.3, -0.25) is 9.78 Å². The third-order valence-electron chi connectivity index (χ3n) is 5.95. The molecule has 1 aliphatic rings. The van der Waals surface area contributed by atoms with Crippen LogP contribution >= 0.6 is 0 Å². The first kappa shape index (κ1) is 21.1. The highest BCUT2D eigenvalue weighted by molar-refractivity contribution is 5.80. The van der Waals surface area contributed by atoms with Gasteiger partial charge in [0.15, 0.2) is 0 Å². The zero-order valence-corrected chi connectivity index (χ0v) is 18.4. The number of carbonyl (C=O) groups is 1. The number of hydrogen-bond donors (Lipinski definition) is 0. The quantitative estimate of drug-likeness (QED) is 0.590. The fourth-order valence-electron chi connectivity index (χ4n) is 3.98. The van der Waals surface area contributed by atoms with E-state index in [1.165, 1.54) is 5.56 Å². The number of anilines is 1. The molecule has 1 aliphatic heterocycles. The number of amides is 1. The average Bonchev–Trinajstić information content (AvgIpc) is 2.81. The standard InChI is InChI=1S/C26H29N3O2/c1-4-28(3)22-7-5-6-21(14-22)23-12-13-27-15-24(23)25-17-31-18-26(30)29(25)16-20-10-8-19(2)9-11-20/h5-15,25H,4,16-18H2,1-3H3. The average molecular weight is 416 g/mol. The lowest BCUT2D eigenvalue weighted by atomic mass is 9.95. The Kier molecular flexibility index (Phi) is 6.33. The Hall–Kier alpha value is -3.18. The number of rotatable bonds is 6. The van der Waals surface area contributed by atoms with E-state index < -0.39 is 0 Å². The van der Waals surface area contributed by atoms with Gasteiger partial charge in [0.2, 0.25) is 5.91 Å². The summed E-state index contributed by atoms with van der Waals surface area (Å²) < 4.78 is 5.68. The zero-order valence-electron chi connectivity index (χ0n) is 18.4. The van der Waals surface area contributed by atoms with E-state index in [4.69, 9.17) is 4.74 Å². The lowest BCUT2D eigenvalue weighted by molar-refractivity contribution is -0.149. The molecule has 0 N–H and O–H groups in total. The smallest absolute Gasteiger partial charge is 0.249 e. The number of nitrogens with zero attached hydrogens (tertiary/aromatic N) is 3. The number of aryl methyl sites for hydroxylation is 1. The number of ether oxygens (including phenoxy) is 1. The first-order valence-corrected chi connectivity index (χ1v) is 10.7. The third kappa shape index (κ3) is 4.62. The maximum Gasteiger partial charge on any atom is 0.249 e. The fourth-order valence-corrected chi connectivity index (χ4v) is 3.98. The monoisotopic (exact) mass is 415 g/mol. The second-order valence-corrected chi connectivity index (χ2v) is 8.07. The van der Waals surface area contributed by atoms with Crippen LogP contribution in [0.4, 0.5) is 5.69 Å². The highest BCUT2D eigenvalue weighted by Crippen LogP contribution is 2.35. The van der Waals surface area contributed by atoms with Gasteiger partial charge < -0.3 is 14.5 Å². The van der Waals surface area contributed by atoms with Gasteiger partial charge >= 0.3 is 0 Å². The van der Waals surface area contributed by atoms with Crippen LogP contribution in [0.25, 0.3) is 11.1 Å². The van der Waals surface area contributed by atoms with Gasteiger partial charge in [0.05, 0.1) is 12.6 Å². The van der Waals surface area contributed by atoms with Crippen molar-refractivity contribution < 1.29 is 9.53 Å². The molecule has 1 atom stereocenters. The fraction of sp³-hybridized carbons (Fsp3) is 0.308. The number of pyridine rings is 1. The van der Waals surface area contributed by atoms with E-state index in [-0.39, 0.29) is 18.6 Å². The molecule has 2 heterocycles. The van der Waals surface area contributed by atoms with Crippen LogP contribution in [0.15, 0.2) is 67.0 Å². The van der Waals surface area contributed by atoms with Crippen molar-refractivity contribution in [3.63, 3.8) is 0 Å². The van der Waals surface area contributed by atoms with Crippen LogP contribution < -0.4 is 4.90 Å². The summed E-state index contributed by atoms with van der Waals surface area (Å²) in [5.41, 5.74) is 6.69. The molecule has 0 spiro atoms. The van der Waals surface area contributed by atoms with E-state index in [1.807, 2.05) is 23.4 Å². The van der Waals surface area contributed by atoms with Gasteiger partial charge in [0, 0.05) is 43.8 Å². The predicted molar refractivity (Wildman–Crippen MR) is 124 cm³/mol. The molecule has 1 saturated heterocycles. The zero-order chi connectivity index (χ0) is 21.8. The second kappa shape index (κ2) is 9.31. The van der Waals surface area contributed by atoms with Gasteiger partial charge in [-0.1, -0.05) is 42.0 Å². The molecule has 1 aromatic heterocycles. The van der Waals surface area contributed by atoms with Crippen molar-refractivity contribution in [2.24, 2.45) is 0 Å². The Labute approximate surface area is 184 Å². The summed E-state index contributed by atoms with van der Waals surface area (Å²) in [5, 5.41) is 0. The van der Waals surface area contributed by atoms with Crippen LogP contribution in [0.2, 0.25) is 0 Å². The summed E-state index contributed by atoms with van der Waals surface area (Å²) in [6, 6.07) is 18.7. The molecule has 0 saturated carbocycles. The molecule has 0 radical (unpaired) electrons. The van der Waals surface area contributed by atoms with Gasteiger partial charge in [-0.05, 0) is 48.7 Å². The molecule has 1 fully saturated rings. The van der Waals surface area contributed by atoms with Crippen molar-refractivity contribution in [1.29, 1.82) is 0 Å². The normalized spacial score (nSPS) is 16.4. The van der Waals surface area contributed by atoms with Crippen LogP contribution in [0, 0.1) is 6.92 Å². The van der Waals surface area contributed by atoms with Crippen molar-refractivity contribution in [3.8, 4) is 11.1 Å². The van der Waals surface area contributed by atoms with E-state index in [2.05, 4.69) is 79.3 Å². The van der Waals surface area contributed by atoms with Crippen molar-refractivity contribution in [2.75, 3.05) is 31.7 Å². The summed E-state index contributed by atoms with van der Waals surface area (Å²) in [4.78, 5) is 21.4.